The van der Waals surface area contributed by atoms with Gasteiger partial charge in [0.05, 0.1) is 12.1 Å². The first kappa shape index (κ1) is 11.7. The van der Waals surface area contributed by atoms with Crippen molar-refractivity contribution >= 4 is 24.8 Å². The molecule has 1 aliphatic heterocycles. The van der Waals surface area contributed by atoms with Crippen molar-refractivity contribution in [1.29, 1.82) is 0 Å². The number of carbonyl (C=O) groups excluding carboxylic acids is 2. The molecule has 0 aliphatic carbocycles. The summed E-state index contributed by atoms with van der Waals surface area (Å²) in [4.78, 5) is 23.7. The number of hydrogen-bond donors (Lipinski definition) is 2. The summed E-state index contributed by atoms with van der Waals surface area (Å²) in [6, 6.07) is 4.23. The number of benzene rings is 1. The van der Waals surface area contributed by atoms with Gasteiger partial charge in [0.15, 0.2) is 0 Å². The standard InChI is InChI=1S/C10H9FN2O3S/c11-7-2-1-3-8-6(7)4-13(10(15)16-8)5-9(14)12-17/h1-3,17H,4-5H2,(H,12,14). The Morgan fingerprint density at radius 2 is 2.35 bits per heavy atom. The number of ether oxygens (including phenoxy) is 1. The highest BCUT2D eigenvalue weighted by atomic mass is 32.1. The molecule has 1 aromatic carbocycles. The Balaban J connectivity index is 2.23. The van der Waals surface area contributed by atoms with Crippen molar-refractivity contribution in [3.8, 4) is 5.75 Å². The molecule has 5 nitrogen and oxygen atoms in total. The first-order valence-electron chi connectivity index (χ1n) is 4.79. The summed E-state index contributed by atoms with van der Waals surface area (Å²) in [7, 11) is 0. The van der Waals surface area contributed by atoms with E-state index in [0.717, 1.165) is 4.90 Å². The molecule has 1 aromatic rings. The van der Waals surface area contributed by atoms with Crippen molar-refractivity contribution < 1.29 is 18.7 Å². The number of hydrogen-bond acceptors (Lipinski definition) is 4. The van der Waals surface area contributed by atoms with Crippen LogP contribution in [-0.2, 0) is 11.3 Å². The summed E-state index contributed by atoms with van der Waals surface area (Å²) >= 11 is 3.57. The lowest BCUT2D eigenvalue weighted by atomic mass is 10.1. The highest BCUT2D eigenvalue weighted by Crippen LogP contribution is 2.27. The van der Waals surface area contributed by atoms with Crippen LogP contribution in [0.15, 0.2) is 18.2 Å². The lowest BCUT2D eigenvalue weighted by molar-refractivity contribution is -0.120. The number of nitrogens with one attached hydrogen (secondary N) is 1. The van der Waals surface area contributed by atoms with E-state index in [4.69, 9.17) is 4.74 Å². The quantitative estimate of drug-likeness (QED) is 0.779. The van der Waals surface area contributed by atoms with Gasteiger partial charge in [-0.25, -0.2) is 9.18 Å². The minimum Gasteiger partial charge on any atom is -0.410 e. The molecule has 17 heavy (non-hydrogen) atoms. The van der Waals surface area contributed by atoms with Crippen LogP contribution < -0.4 is 9.46 Å². The molecule has 0 saturated carbocycles. The minimum absolute atomic E-state index is 0.00202. The summed E-state index contributed by atoms with van der Waals surface area (Å²) in [5, 5.41) is 0. The second-order valence-electron chi connectivity index (χ2n) is 3.48. The van der Waals surface area contributed by atoms with E-state index in [1.165, 1.54) is 18.2 Å². The zero-order valence-electron chi connectivity index (χ0n) is 8.64. The van der Waals surface area contributed by atoms with Crippen molar-refractivity contribution in [2.75, 3.05) is 6.54 Å². The SMILES string of the molecule is O=C(CN1Cc2c(F)cccc2OC1=O)NS. The van der Waals surface area contributed by atoms with E-state index in [-0.39, 0.29) is 24.4 Å². The summed E-state index contributed by atoms with van der Waals surface area (Å²) in [5.74, 6) is -0.742. The van der Waals surface area contributed by atoms with Crippen LogP contribution in [0.2, 0.25) is 0 Å². The number of fused-ring (bicyclic) bond motifs is 1. The second-order valence-corrected chi connectivity index (χ2v) is 3.70. The Bertz CT molecular complexity index is 481. The van der Waals surface area contributed by atoms with Gasteiger partial charge in [-0.15, -0.1) is 0 Å². The molecule has 0 saturated heterocycles. The van der Waals surface area contributed by atoms with Crippen molar-refractivity contribution in [3.63, 3.8) is 0 Å². The minimum atomic E-state index is -0.681. The molecule has 0 spiro atoms. The molecule has 1 aliphatic rings. The molecule has 1 N–H and O–H groups in total. The van der Waals surface area contributed by atoms with Crippen molar-refractivity contribution in [1.82, 2.24) is 9.62 Å². The van der Waals surface area contributed by atoms with Crippen molar-refractivity contribution in [2.24, 2.45) is 0 Å². The molecule has 0 fully saturated rings. The Morgan fingerprint density at radius 1 is 1.59 bits per heavy atom. The van der Waals surface area contributed by atoms with Gasteiger partial charge in [0, 0.05) is 0 Å². The largest absolute Gasteiger partial charge is 0.416 e. The Labute approximate surface area is 102 Å². The van der Waals surface area contributed by atoms with Gasteiger partial charge >= 0.3 is 6.09 Å². The monoisotopic (exact) mass is 256 g/mol. The maximum absolute atomic E-state index is 13.5. The number of carbonyl (C=O) groups is 2. The molecule has 0 unspecified atom stereocenters. The number of rotatable bonds is 2. The van der Waals surface area contributed by atoms with Crippen molar-refractivity contribution in [3.05, 3.63) is 29.6 Å². The van der Waals surface area contributed by atoms with Gasteiger partial charge in [0.25, 0.3) is 0 Å². The zero-order valence-corrected chi connectivity index (χ0v) is 9.54. The van der Waals surface area contributed by atoms with Crippen LogP contribution in [0.3, 0.4) is 0 Å². The smallest absolute Gasteiger partial charge is 0.410 e. The molecular formula is C10H9FN2O3S. The van der Waals surface area contributed by atoms with Crippen molar-refractivity contribution in [2.45, 2.75) is 6.54 Å². The third kappa shape index (κ3) is 2.33. The normalized spacial score (nSPS) is 14.0. The molecule has 1 heterocycles. The van der Waals surface area contributed by atoms with E-state index in [0.29, 0.717) is 0 Å². The molecule has 0 bridgehead atoms. The molecular weight excluding hydrogens is 247 g/mol. The number of thiol groups is 1. The van der Waals surface area contributed by atoms with E-state index in [9.17, 15) is 14.0 Å². The summed E-state index contributed by atoms with van der Waals surface area (Å²) in [6.07, 6.45) is -0.681. The number of halogens is 1. The highest BCUT2D eigenvalue weighted by Gasteiger charge is 2.28. The van der Waals surface area contributed by atoms with Crippen LogP contribution in [0.5, 0.6) is 5.75 Å². The molecule has 90 valence electrons. The molecule has 0 atom stereocenters. The summed E-state index contributed by atoms with van der Waals surface area (Å²) in [6.45, 7) is -0.224. The van der Waals surface area contributed by atoms with E-state index in [2.05, 4.69) is 17.5 Å². The average molecular weight is 256 g/mol. The first-order valence-corrected chi connectivity index (χ1v) is 5.23. The zero-order chi connectivity index (χ0) is 12.4. The van der Waals surface area contributed by atoms with Crippen LogP contribution in [-0.4, -0.2) is 23.4 Å². The lowest BCUT2D eigenvalue weighted by Gasteiger charge is -2.27. The van der Waals surface area contributed by atoms with Crippen LogP contribution in [0.4, 0.5) is 9.18 Å². The fraction of sp³-hybridized carbons (Fsp3) is 0.200. The predicted octanol–water partition coefficient (Wildman–Crippen LogP) is 1.10. The highest BCUT2D eigenvalue weighted by molar-refractivity contribution is 7.78. The molecule has 2 rings (SSSR count). The van der Waals surface area contributed by atoms with E-state index < -0.39 is 17.8 Å². The van der Waals surface area contributed by atoms with E-state index >= 15 is 0 Å². The van der Waals surface area contributed by atoms with Gasteiger partial charge in [0.1, 0.15) is 18.1 Å². The van der Waals surface area contributed by atoms with Gasteiger partial charge in [-0.2, -0.15) is 0 Å². The maximum atomic E-state index is 13.5. The molecule has 0 radical (unpaired) electrons. The maximum Gasteiger partial charge on any atom is 0.416 e. The second kappa shape index (κ2) is 4.62. The lowest BCUT2D eigenvalue weighted by Crippen LogP contribution is -2.42. The van der Waals surface area contributed by atoms with Gasteiger partial charge in [-0.1, -0.05) is 18.9 Å². The van der Waals surface area contributed by atoms with Crippen LogP contribution in [0.25, 0.3) is 0 Å². The van der Waals surface area contributed by atoms with Gasteiger partial charge < -0.3 is 9.46 Å². The molecule has 2 amide bonds. The van der Waals surface area contributed by atoms with Gasteiger partial charge in [-0.05, 0) is 12.1 Å². The van der Waals surface area contributed by atoms with Crippen LogP contribution in [0.1, 0.15) is 5.56 Å². The average Bonchev–Trinajstić information content (AvgIpc) is 2.31. The number of amides is 2. The Hall–Kier alpha value is -1.76. The third-order valence-corrected chi connectivity index (χ3v) is 2.59. The summed E-state index contributed by atoms with van der Waals surface area (Å²) in [5.41, 5.74) is 0.263. The molecule has 0 aromatic heterocycles. The number of nitrogens with zero attached hydrogens (tertiary/aromatic N) is 1. The van der Waals surface area contributed by atoms with Crippen LogP contribution >= 0.6 is 12.8 Å². The van der Waals surface area contributed by atoms with E-state index in [1.807, 2.05) is 0 Å². The molecule has 7 heteroatoms. The first-order chi connectivity index (χ1) is 8.11. The fourth-order valence-electron chi connectivity index (χ4n) is 1.53. The fourth-order valence-corrected chi connectivity index (χ4v) is 1.60. The van der Waals surface area contributed by atoms with Gasteiger partial charge in [-0.3, -0.25) is 9.69 Å². The Morgan fingerprint density at radius 3 is 3.06 bits per heavy atom. The Kier molecular flexibility index (Phi) is 3.19. The van der Waals surface area contributed by atoms with Crippen LogP contribution in [0, 0.1) is 5.82 Å². The summed E-state index contributed by atoms with van der Waals surface area (Å²) < 4.78 is 20.5. The predicted molar refractivity (Wildman–Crippen MR) is 60.0 cm³/mol. The van der Waals surface area contributed by atoms with Gasteiger partial charge in [0.2, 0.25) is 5.91 Å². The van der Waals surface area contributed by atoms with E-state index in [1.54, 1.807) is 0 Å². The topological polar surface area (TPSA) is 58.6 Å². The third-order valence-electron chi connectivity index (χ3n) is 2.34.